The fourth-order valence-electron chi connectivity index (χ4n) is 4.59. The van der Waals surface area contributed by atoms with E-state index in [1.54, 1.807) is 40.5 Å². The van der Waals surface area contributed by atoms with Gasteiger partial charge in [-0.25, -0.2) is 14.1 Å². The minimum atomic E-state index is -0.606. The molecular formula is C25H23FN8O. The van der Waals surface area contributed by atoms with Crippen molar-refractivity contribution in [1.82, 2.24) is 29.3 Å². The lowest BCUT2D eigenvalue weighted by Gasteiger charge is -2.28. The number of hydrogen-bond donors (Lipinski definition) is 0. The Morgan fingerprint density at radius 3 is 2.66 bits per heavy atom. The van der Waals surface area contributed by atoms with Crippen LogP contribution in [0.1, 0.15) is 48.9 Å². The van der Waals surface area contributed by atoms with Gasteiger partial charge in [-0.05, 0) is 38.8 Å². The van der Waals surface area contributed by atoms with Crippen LogP contribution in [-0.2, 0) is 0 Å². The highest BCUT2D eigenvalue weighted by Gasteiger charge is 2.25. The number of nitrogens with zero attached hydrogens (tertiary/aromatic N) is 8. The van der Waals surface area contributed by atoms with Crippen LogP contribution in [0.4, 0.5) is 4.39 Å². The maximum Gasteiger partial charge on any atom is 0.201 e. The molecule has 9 nitrogen and oxygen atoms in total. The molecular weight excluding hydrogens is 447 g/mol. The van der Waals surface area contributed by atoms with Crippen LogP contribution in [0.2, 0.25) is 0 Å². The van der Waals surface area contributed by atoms with Crippen LogP contribution in [-0.4, -0.2) is 42.4 Å². The molecule has 1 atom stereocenters. The van der Waals surface area contributed by atoms with Crippen molar-refractivity contribution in [3.63, 3.8) is 0 Å². The van der Waals surface area contributed by atoms with Crippen LogP contribution in [0, 0.1) is 35.5 Å². The van der Waals surface area contributed by atoms with Crippen LogP contribution >= 0.6 is 0 Å². The summed E-state index contributed by atoms with van der Waals surface area (Å²) in [5, 5.41) is 27.6. The van der Waals surface area contributed by atoms with Gasteiger partial charge in [0.05, 0.1) is 17.9 Å². The molecule has 0 aliphatic carbocycles. The Kier molecular flexibility index (Phi) is 5.79. The number of fused-ring (bicyclic) bond motifs is 1. The van der Waals surface area contributed by atoms with E-state index < -0.39 is 6.10 Å². The SMILES string of the molecule is Cc1c(-c2cc(O[C@H](C)c3ccccc3F)n3c(C#N)cnc3c2)nnn1C1CCN(C#N)CC1. The van der Waals surface area contributed by atoms with E-state index in [0.717, 1.165) is 24.1 Å². The first kappa shape index (κ1) is 22.4. The molecule has 1 fully saturated rings. The van der Waals surface area contributed by atoms with Gasteiger partial charge in [0.15, 0.2) is 6.19 Å². The van der Waals surface area contributed by atoms with Crippen molar-refractivity contribution in [2.45, 2.75) is 38.8 Å². The molecule has 35 heavy (non-hydrogen) atoms. The predicted octanol–water partition coefficient (Wildman–Crippen LogP) is 4.17. The maximum absolute atomic E-state index is 14.4. The van der Waals surface area contributed by atoms with Crippen LogP contribution < -0.4 is 4.74 Å². The number of hydrogen-bond acceptors (Lipinski definition) is 7. The Labute approximate surface area is 201 Å². The molecule has 1 aromatic carbocycles. The number of aromatic nitrogens is 5. The lowest BCUT2D eigenvalue weighted by molar-refractivity contribution is 0.209. The van der Waals surface area contributed by atoms with Crippen molar-refractivity contribution in [1.29, 1.82) is 10.5 Å². The second-order valence-electron chi connectivity index (χ2n) is 8.60. The van der Waals surface area contributed by atoms with E-state index in [9.17, 15) is 9.65 Å². The summed E-state index contributed by atoms with van der Waals surface area (Å²) >= 11 is 0. The third kappa shape index (κ3) is 4.04. The summed E-state index contributed by atoms with van der Waals surface area (Å²) in [7, 11) is 0. The molecule has 0 bridgehead atoms. The van der Waals surface area contributed by atoms with Crippen LogP contribution in [0.5, 0.6) is 5.88 Å². The van der Waals surface area contributed by atoms with Crippen LogP contribution in [0.15, 0.2) is 42.6 Å². The Morgan fingerprint density at radius 2 is 1.94 bits per heavy atom. The fraction of sp³-hybridized carbons (Fsp3) is 0.320. The molecule has 176 valence electrons. The second-order valence-corrected chi connectivity index (χ2v) is 8.60. The van der Waals surface area contributed by atoms with E-state index in [-0.39, 0.29) is 11.9 Å². The van der Waals surface area contributed by atoms with Crippen molar-refractivity contribution in [2.24, 2.45) is 0 Å². The summed E-state index contributed by atoms with van der Waals surface area (Å²) in [5.41, 5.74) is 3.56. The number of halogens is 1. The quantitative estimate of drug-likeness (QED) is 0.403. The van der Waals surface area contributed by atoms with E-state index in [0.29, 0.717) is 41.6 Å². The van der Waals surface area contributed by atoms with Gasteiger partial charge in [-0.3, -0.25) is 4.40 Å². The molecule has 1 aliphatic rings. The summed E-state index contributed by atoms with van der Waals surface area (Å²) in [4.78, 5) is 6.13. The van der Waals surface area contributed by atoms with Crippen molar-refractivity contribution in [3.8, 4) is 29.4 Å². The first-order valence-corrected chi connectivity index (χ1v) is 11.4. The first-order valence-electron chi connectivity index (χ1n) is 11.4. The van der Waals surface area contributed by atoms with Gasteiger partial charge in [-0.15, -0.1) is 5.10 Å². The molecule has 10 heteroatoms. The third-order valence-corrected chi connectivity index (χ3v) is 6.48. The van der Waals surface area contributed by atoms with E-state index >= 15 is 0 Å². The third-order valence-electron chi connectivity index (χ3n) is 6.48. The highest BCUT2D eigenvalue weighted by Crippen LogP contribution is 2.33. The molecule has 0 saturated carbocycles. The van der Waals surface area contributed by atoms with Crippen molar-refractivity contribution in [2.75, 3.05) is 13.1 Å². The zero-order valence-electron chi connectivity index (χ0n) is 19.4. The summed E-state index contributed by atoms with van der Waals surface area (Å²) in [6.07, 6.45) is 4.71. The molecule has 0 spiro atoms. The molecule has 0 amide bonds. The van der Waals surface area contributed by atoms with Crippen molar-refractivity contribution in [3.05, 3.63) is 65.4 Å². The molecule has 3 aromatic heterocycles. The van der Waals surface area contributed by atoms with Gasteiger partial charge in [0, 0.05) is 30.3 Å². The molecule has 4 heterocycles. The standard InChI is InChI=1S/C25H23FN8O/c1-16-25(30-31-34(16)19-7-9-32(15-28)10-8-19)18-11-23-29-14-20(13-27)33(23)24(12-18)35-17(2)21-5-3-4-6-22(21)26/h3-6,11-12,14,17,19H,7-10H2,1-2H3/t17-/m1/s1. The number of rotatable bonds is 5. The Balaban J connectivity index is 1.53. The Bertz CT molecular complexity index is 1470. The van der Waals surface area contributed by atoms with Crippen molar-refractivity contribution >= 4 is 5.65 Å². The Morgan fingerprint density at radius 1 is 1.17 bits per heavy atom. The molecule has 1 aliphatic heterocycles. The van der Waals surface area contributed by atoms with E-state index in [1.165, 1.54) is 12.3 Å². The largest absolute Gasteiger partial charge is 0.471 e. The normalized spacial score (nSPS) is 15.1. The lowest BCUT2D eigenvalue weighted by atomic mass is 10.0. The highest BCUT2D eigenvalue weighted by molar-refractivity contribution is 5.68. The van der Waals surface area contributed by atoms with Gasteiger partial charge < -0.3 is 9.64 Å². The lowest BCUT2D eigenvalue weighted by Crippen LogP contribution is -2.31. The van der Waals surface area contributed by atoms with Gasteiger partial charge in [-0.1, -0.05) is 23.4 Å². The number of pyridine rings is 1. The van der Waals surface area contributed by atoms with Gasteiger partial charge in [0.25, 0.3) is 0 Å². The average molecular weight is 471 g/mol. The molecule has 4 aromatic rings. The van der Waals surface area contributed by atoms with Gasteiger partial charge >= 0.3 is 0 Å². The summed E-state index contributed by atoms with van der Waals surface area (Å²) in [5.74, 6) is -0.00153. The van der Waals surface area contributed by atoms with Crippen LogP contribution in [0.3, 0.4) is 0 Å². The zero-order chi connectivity index (χ0) is 24.5. The number of ether oxygens (including phenoxy) is 1. The highest BCUT2D eigenvalue weighted by atomic mass is 19.1. The van der Waals surface area contributed by atoms with Gasteiger partial charge in [-0.2, -0.15) is 10.5 Å². The summed E-state index contributed by atoms with van der Waals surface area (Å²) in [6, 6.07) is 12.4. The Hall–Kier alpha value is -4.44. The fourth-order valence-corrected chi connectivity index (χ4v) is 4.59. The minimum absolute atomic E-state index is 0.165. The van der Waals surface area contributed by atoms with E-state index in [1.807, 2.05) is 17.7 Å². The first-order chi connectivity index (χ1) is 17.0. The van der Waals surface area contributed by atoms with E-state index in [2.05, 4.69) is 27.6 Å². The number of benzene rings is 1. The average Bonchev–Trinajstić information content (AvgIpc) is 3.47. The molecule has 1 saturated heterocycles. The monoisotopic (exact) mass is 470 g/mol. The summed E-state index contributed by atoms with van der Waals surface area (Å²) < 4.78 is 24.1. The summed E-state index contributed by atoms with van der Waals surface area (Å²) in [6.45, 7) is 5.11. The van der Waals surface area contributed by atoms with Crippen molar-refractivity contribution < 1.29 is 9.13 Å². The molecule has 0 unspecified atom stereocenters. The minimum Gasteiger partial charge on any atom is -0.471 e. The number of piperidine rings is 1. The predicted molar refractivity (Wildman–Crippen MR) is 125 cm³/mol. The van der Waals surface area contributed by atoms with Crippen LogP contribution in [0.25, 0.3) is 16.9 Å². The number of likely N-dealkylation sites (tertiary alicyclic amines) is 1. The molecule has 5 rings (SSSR count). The molecule has 0 N–H and O–H groups in total. The number of nitriles is 2. The molecule has 0 radical (unpaired) electrons. The maximum atomic E-state index is 14.4. The van der Waals surface area contributed by atoms with Gasteiger partial charge in [0.2, 0.25) is 5.88 Å². The zero-order valence-corrected chi connectivity index (χ0v) is 19.4. The van der Waals surface area contributed by atoms with Gasteiger partial charge in [0.1, 0.15) is 35.0 Å². The second kappa shape index (κ2) is 9.07. The topological polar surface area (TPSA) is 108 Å². The number of imidazole rings is 1. The smallest absolute Gasteiger partial charge is 0.201 e. The van der Waals surface area contributed by atoms with E-state index in [4.69, 9.17) is 10.00 Å².